The molecule has 0 fully saturated rings. The van der Waals surface area contributed by atoms with Crippen molar-refractivity contribution in [3.05, 3.63) is 33.9 Å². The van der Waals surface area contributed by atoms with Gasteiger partial charge in [0, 0.05) is 11.6 Å². The van der Waals surface area contributed by atoms with Crippen molar-refractivity contribution in [2.24, 2.45) is 5.73 Å². The molecule has 1 amide bonds. The van der Waals surface area contributed by atoms with Gasteiger partial charge in [-0.05, 0) is 6.07 Å². The molecule has 1 rings (SSSR count). The topological polar surface area (TPSA) is 106 Å². The molecule has 0 bridgehead atoms. The van der Waals surface area contributed by atoms with Gasteiger partial charge in [0.1, 0.15) is 5.75 Å². The molecule has 68 valence electrons. The van der Waals surface area contributed by atoms with E-state index in [4.69, 9.17) is 10.8 Å². The third-order valence-electron chi connectivity index (χ3n) is 1.40. The van der Waals surface area contributed by atoms with Gasteiger partial charge in [-0.3, -0.25) is 14.9 Å². The van der Waals surface area contributed by atoms with Gasteiger partial charge in [0.25, 0.3) is 5.69 Å². The van der Waals surface area contributed by atoms with Crippen molar-refractivity contribution in [2.75, 3.05) is 0 Å². The summed E-state index contributed by atoms with van der Waals surface area (Å²) >= 11 is 0. The normalized spacial score (nSPS) is 9.54. The minimum Gasteiger partial charge on any atom is -0.508 e. The van der Waals surface area contributed by atoms with E-state index in [0.717, 1.165) is 18.2 Å². The first kappa shape index (κ1) is 8.98. The number of hydrogen-bond donors (Lipinski definition) is 2. The van der Waals surface area contributed by atoms with Crippen molar-refractivity contribution in [1.29, 1.82) is 0 Å². The first-order valence-electron chi connectivity index (χ1n) is 3.29. The van der Waals surface area contributed by atoms with Crippen LogP contribution in [0.1, 0.15) is 10.4 Å². The van der Waals surface area contributed by atoms with E-state index in [0.29, 0.717) is 0 Å². The van der Waals surface area contributed by atoms with E-state index in [9.17, 15) is 14.9 Å². The average molecular weight is 182 g/mol. The molecule has 0 aliphatic rings. The van der Waals surface area contributed by atoms with Crippen LogP contribution in [0.25, 0.3) is 0 Å². The summed E-state index contributed by atoms with van der Waals surface area (Å²) in [6, 6.07) is 3.00. The fraction of sp³-hybridized carbons (Fsp3) is 0. The molecular weight excluding hydrogens is 176 g/mol. The van der Waals surface area contributed by atoms with E-state index in [1.807, 2.05) is 0 Å². The fourth-order valence-electron chi connectivity index (χ4n) is 0.843. The molecule has 1 aromatic rings. The molecule has 0 radical (unpaired) electrons. The van der Waals surface area contributed by atoms with Gasteiger partial charge >= 0.3 is 0 Å². The number of carbonyl (C=O) groups is 1. The number of phenolic OH excluding ortho intramolecular Hbond substituents is 1. The number of nitrogens with zero attached hydrogens (tertiary/aromatic N) is 1. The highest BCUT2D eigenvalue weighted by Crippen LogP contribution is 2.20. The molecule has 13 heavy (non-hydrogen) atoms. The molecule has 6 heteroatoms. The van der Waals surface area contributed by atoms with E-state index in [-0.39, 0.29) is 17.0 Å². The Morgan fingerprint density at radius 2 is 2.08 bits per heavy atom. The Morgan fingerprint density at radius 3 is 2.54 bits per heavy atom. The van der Waals surface area contributed by atoms with E-state index in [1.54, 1.807) is 0 Å². The maximum Gasteiger partial charge on any atom is 0.273 e. The molecule has 3 N–H and O–H groups in total. The van der Waals surface area contributed by atoms with Crippen molar-refractivity contribution < 1.29 is 14.8 Å². The smallest absolute Gasteiger partial charge is 0.273 e. The first-order valence-corrected chi connectivity index (χ1v) is 3.29. The van der Waals surface area contributed by atoms with Gasteiger partial charge in [-0.1, -0.05) is 0 Å². The van der Waals surface area contributed by atoms with E-state index in [2.05, 4.69) is 0 Å². The summed E-state index contributed by atoms with van der Waals surface area (Å²) in [6.45, 7) is 0. The van der Waals surface area contributed by atoms with Crippen molar-refractivity contribution in [3.8, 4) is 5.75 Å². The second-order valence-electron chi connectivity index (χ2n) is 2.36. The van der Waals surface area contributed by atoms with Crippen molar-refractivity contribution in [3.63, 3.8) is 0 Å². The molecule has 0 unspecified atom stereocenters. The van der Waals surface area contributed by atoms with Crippen molar-refractivity contribution in [1.82, 2.24) is 0 Å². The van der Waals surface area contributed by atoms with Crippen molar-refractivity contribution in [2.45, 2.75) is 0 Å². The van der Waals surface area contributed by atoms with Crippen molar-refractivity contribution >= 4 is 11.6 Å². The Bertz CT molecular complexity index is 343. The lowest BCUT2D eigenvalue weighted by Gasteiger charge is -1.97. The van der Waals surface area contributed by atoms with Crippen LogP contribution < -0.4 is 5.73 Å². The molecule has 0 atom stereocenters. The number of benzene rings is 1. The number of carbonyl (C=O) groups excluding carboxylic acids is 1. The molecule has 0 saturated carbocycles. The second kappa shape index (κ2) is 3.10. The van der Waals surface area contributed by atoms with E-state index in [1.165, 1.54) is 0 Å². The monoisotopic (exact) mass is 182 g/mol. The zero-order chi connectivity index (χ0) is 10.0. The zero-order valence-electron chi connectivity index (χ0n) is 6.43. The van der Waals surface area contributed by atoms with Crippen LogP contribution in [-0.2, 0) is 0 Å². The number of non-ortho nitro benzene ring substituents is 1. The molecule has 0 aromatic heterocycles. The minimum absolute atomic E-state index is 0.0910. The summed E-state index contributed by atoms with van der Waals surface area (Å²) in [5.74, 6) is -1.18. The predicted octanol–water partition coefficient (Wildman–Crippen LogP) is 0.399. The number of nitrogens with two attached hydrogens (primary N) is 1. The Hall–Kier alpha value is -2.11. The largest absolute Gasteiger partial charge is 0.508 e. The lowest BCUT2D eigenvalue weighted by molar-refractivity contribution is -0.385. The molecule has 0 spiro atoms. The number of aromatic hydroxyl groups is 1. The van der Waals surface area contributed by atoms with Gasteiger partial charge in [-0.2, -0.15) is 0 Å². The van der Waals surface area contributed by atoms with Gasteiger partial charge in [-0.25, -0.2) is 0 Å². The third kappa shape index (κ3) is 1.92. The van der Waals surface area contributed by atoms with Crippen LogP contribution in [0.3, 0.4) is 0 Å². The van der Waals surface area contributed by atoms with Crippen LogP contribution in [0.5, 0.6) is 5.75 Å². The summed E-state index contributed by atoms with van der Waals surface area (Å²) in [5.41, 5.74) is 4.42. The Kier molecular flexibility index (Phi) is 2.14. The fourth-order valence-corrected chi connectivity index (χ4v) is 0.843. The number of nitro benzene ring substituents is 1. The van der Waals surface area contributed by atoms with E-state index < -0.39 is 10.8 Å². The van der Waals surface area contributed by atoms with E-state index >= 15 is 0 Å². The highest BCUT2D eigenvalue weighted by molar-refractivity contribution is 5.93. The Morgan fingerprint density at radius 1 is 1.46 bits per heavy atom. The quantitative estimate of drug-likeness (QED) is 0.509. The highest BCUT2D eigenvalue weighted by Gasteiger charge is 2.11. The third-order valence-corrected chi connectivity index (χ3v) is 1.40. The summed E-state index contributed by atoms with van der Waals surface area (Å²) in [6.07, 6.45) is 0. The number of nitro groups is 1. The maximum absolute atomic E-state index is 10.6. The number of amides is 1. The van der Waals surface area contributed by atoms with Crippen LogP contribution in [0.15, 0.2) is 18.2 Å². The van der Waals surface area contributed by atoms with Crippen LogP contribution >= 0.6 is 0 Å². The Labute approximate surface area is 72.7 Å². The van der Waals surface area contributed by atoms with Gasteiger partial charge in [-0.15, -0.1) is 0 Å². The standard InChI is InChI=1S/C7H6N2O4/c8-7(11)4-1-5(9(12)13)3-6(10)2-4/h1-3,10H,(H2,8,11). The number of hydrogen-bond acceptors (Lipinski definition) is 4. The molecule has 0 saturated heterocycles. The molecule has 0 aliphatic carbocycles. The summed E-state index contributed by atoms with van der Waals surface area (Å²) in [5, 5.41) is 19.2. The SMILES string of the molecule is NC(=O)c1cc(O)cc([N+](=O)[O-])c1. The maximum atomic E-state index is 10.6. The summed E-state index contributed by atoms with van der Waals surface area (Å²) in [4.78, 5) is 20.2. The molecule has 1 aromatic carbocycles. The summed E-state index contributed by atoms with van der Waals surface area (Å²) < 4.78 is 0. The van der Waals surface area contributed by atoms with Crippen LogP contribution in [0.2, 0.25) is 0 Å². The van der Waals surface area contributed by atoms with Gasteiger partial charge in [0.2, 0.25) is 5.91 Å². The average Bonchev–Trinajstić information content (AvgIpc) is 2.03. The van der Waals surface area contributed by atoms with Crippen LogP contribution in [-0.4, -0.2) is 15.9 Å². The summed E-state index contributed by atoms with van der Waals surface area (Å²) in [7, 11) is 0. The predicted molar refractivity (Wildman–Crippen MR) is 43.3 cm³/mol. The number of rotatable bonds is 2. The lowest BCUT2D eigenvalue weighted by atomic mass is 10.2. The van der Waals surface area contributed by atoms with Gasteiger partial charge in [0.05, 0.1) is 11.0 Å². The second-order valence-corrected chi connectivity index (χ2v) is 2.36. The minimum atomic E-state index is -0.820. The lowest BCUT2D eigenvalue weighted by Crippen LogP contribution is -2.10. The Balaban J connectivity index is 3.26. The molecule has 6 nitrogen and oxygen atoms in total. The first-order chi connectivity index (χ1) is 6.00. The van der Waals surface area contributed by atoms with Crippen LogP contribution in [0.4, 0.5) is 5.69 Å². The van der Waals surface area contributed by atoms with Crippen LogP contribution in [0, 0.1) is 10.1 Å². The highest BCUT2D eigenvalue weighted by atomic mass is 16.6. The number of phenols is 1. The molecule has 0 aliphatic heterocycles. The zero-order valence-corrected chi connectivity index (χ0v) is 6.43. The number of primary amides is 1. The molecular formula is C7H6N2O4. The molecule has 0 heterocycles. The van der Waals surface area contributed by atoms with Gasteiger partial charge < -0.3 is 10.8 Å². The van der Waals surface area contributed by atoms with Gasteiger partial charge in [0.15, 0.2) is 0 Å².